The Kier molecular flexibility index (Phi) is 6.24. The van der Waals surface area contributed by atoms with E-state index in [4.69, 9.17) is 5.11 Å². The number of hydrogen-bond donors (Lipinski definition) is 2. The third-order valence-corrected chi connectivity index (χ3v) is 2.77. The molecule has 0 aliphatic carbocycles. The summed E-state index contributed by atoms with van der Waals surface area (Å²) in [7, 11) is 0. The predicted molar refractivity (Wildman–Crippen MR) is 69.2 cm³/mol. The van der Waals surface area contributed by atoms with E-state index in [0.29, 0.717) is 12.6 Å². The van der Waals surface area contributed by atoms with Crippen molar-refractivity contribution in [3.05, 3.63) is 35.4 Å². The SMILES string of the molecule is CC(CO)CNC(=O)CCC(=O)c1ccc(F)cc1F. The molecule has 0 spiro atoms. The van der Waals surface area contributed by atoms with Gasteiger partial charge in [-0.3, -0.25) is 9.59 Å². The first-order chi connectivity index (χ1) is 9.43. The van der Waals surface area contributed by atoms with Crippen LogP contribution in [0, 0.1) is 17.6 Å². The Balaban J connectivity index is 2.45. The number of Topliss-reactive ketones (excluding diaryl/α,β-unsaturated/α-hetero) is 1. The van der Waals surface area contributed by atoms with Crippen LogP contribution in [0.5, 0.6) is 0 Å². The number of ketones is 1. The van der Waals surface area contributed by atoms with E-state index in [-0.39, 0.29) is 36.8 Å². The average Bonchev–Trinajstić information content (AvgIpc) is 2.42. The summed E-state index contributed by atoms with van der Waals surface area (Å²) >= 11 is 0. The Morgan fingerprint density at radius 1 is 1.30 bits per heavy atom. The molecule has 2 N–H and O–H groups in total. The minimum Gasteiger partial charge on any atom is -0.396 e. The van der Waals surface area contributed by atoms with Crippen LogP contribution in [-0.2, 0) is 4.79 Å². The molecule has 1 unspecified atom stereocenters. The lowest BCUT2D eigenvalue weighted by Gasteiger charge is -2.09. The summed E-state index contributed by atoms with van der Waals surface area (Å²) in [4.78, 5) is 23.1. The molecule has 0 saturated carbocycles. The van der Waals surface area contributed by atoms with Gasteiger partial charge < -0.3 is 10.4 Å². The van der Waals surface area contributed by atoms with Crippen LogP contribution in [0.25, 0.3) is 0 Å². The molecule has 6 heteroatoms. The van der Waals surface area contributed by atoms with Crippen LogP contribution in [0.4, 0.5) is 8.78 Å². The molecule has 0 aromatic heterocycles. The first-order valence-electron chi connectivity index (χ1n) is 6.29. The lowest BCUT2D eigenvalue weighted by atomic mass is 10.1. The minimum atomic E-state index is -0.927. The van der Waals surface area contributed by atoms with Crippen LogP contribution < -0.4 is 5.32 Å². The summed E-state index contributed by atoms with van der Waals surface area (Å²) in [6.45, 7) is 2.04. The molecule has 1 rings (SSSR count). The average molecular weight is 285 g/mol. The zero-order valence-corrected chi connectivity index (χ0v) is 11.2. The van der Waals surface area contributed by atoms with Crippen molar-refractivity contribution in [3.63, 3.8) is 0 Å². The standard InChI is InChI=1S/C14H17F2NO3/c1-9(8-18)7-17-14(20)5-4-13(19)11-3-2-10(15)6-12(11)16/h2-3,6,9,18H,4-5,7-8H2,1H3,(H,17,20). The molecule has 1 atom stereocenters. The molecular formula is C14H17F2NO3. The molecule has 0 bridgehead atoms. The number of aliphatic hydroxyl groups excluding tert-OH is 1. The Labute approximate surface area is 115 Å². The van der Waals surface area contributed by atoms with Crippen LogP contribution in [0.3, 0.4) is 0 Å². The Morgan fingerprint density at radius 3 is 2.60 bits per heavy atom. The molecule has 1 aromatic rings. The second-order valence-electron chi connectivity index (χ2n) is 4.64. The first kappa shape index (κ1) is 16.2. The van der Waals surface area contributed by atoms with E-state index >= 15 is 0 Å². The molecular weight excluding hydrogens is 268 g/mol. The van der Waals surface area contributed by atoms with Crippen LogP contribution in [0.15, 0.2) is 18.2 Å². The fourth-order valence-corrected chi connectivity index (χ4v) is 1.52. The quantitative estimate of drug-likeness (QED) is 0.749. The second-order valence-corrected chi connectivity index (χ2v) is 4.64. The number of carbonyl (C=O) groups is 2. The van der Waals surface area contributed by atoms with Crippen molar-refractivity contribution in [3.8, 4) is 0 Å². The summed E-state index contributed by atoms with van der Waals surface area (Å²) in [5.74, 6) is -2.64. The summed E-state index contributed by atoms with van der Waals surface area (Å²) in [5, 5.41) is 11.3. The lowest BCUT2D eigenvalue weighted by molar-refractivity contribution is -0.121. The van der Waals surface area contributed by atoms with Crippen molar-refractivity contribution in [2.24, 2.45) is 5.92 Å². The Bertz CT molecular complexity index is 491. The van der Waals surface area contributed by atoms with Gasteiger partial charge in [0.2, 0.25) is 5.91 Å². The van der Waals surface area contributed by atoms with Gasteiger partial charge in [0.25, 0.3) is 0 Å². The maximum Gasteiger partial charge on any atom is 0.220 e. The van der Waals surface area contributed by atoms with E-state index in [2.05, 4.69) is 5.32 Å². The van der Waals surface area contributed by atoms with Gasteiger partial charge in [-0.2, -0.15) is 0 Å². The monoisotopic (exact) mass is 285 g/mol. The fourth-order valence-electron chi connectivity index (χ4n) is 1.52. The number of aliphatic hydroxyl groups is 1. The van der Waals surface area contributed by atoms with Gasteiger partial charge in [-0.15, -0.1) is 0 Å². The van der Waals surface area contributed by atoms with Gasteiger partial charge in [0.15, 0.2) is 5.78 Å². The van der Waals surface area contributed by atoms with Gasteiger partial charge in [0, 0.05) is 32.1 Å². The predicted octanol–water partition coefficient (Wildman–Crippen LogP) is 1.67. The van der Waals surface area contributed by atoms with Crippen molar-refractivity contribution < 1.29 is 23.5 Å². The van der Waals surface area contributed by atoms with Crippen LogP contribution in [-0.4, -0.2) is 29.9 Å². The van der Waals surface area contributed by atoms with Gasteiger partial charge in [-0.05, 0) is 18.1 Å². The summed E-state index contributed by atoms with van der Waals surface area (Å²) in [6.07, 6.45) is -0.226. The molecule has 0 fully saturated rings. The number of amides is 1. The normalized spacial score (nSPS) is 12.0. The molecule has 0 radical (unpaired) electrons. The Hall–Kier alpha value is -1.82. The summed E-state index contributed by atoms with van der Waals surface area (Å²) < 4.78 is 26.0. The molecule has 0 saturated heterocycles. The van der Waals surface area contributed by atoms with E-state index in [1.165, 1.54) is 0 Å². The summed E-state index contributed by atoms with van der Waals surface area (Å²) in [5.41, 5.74) is -0.220. The van der Waals surface area contributed by atoms with Crippen LogP contribution >= 0.6 is 0 Å². The van der Waals surface area contributed by atoms with E-state index in [0.717, 1.165) is 12.1 Å². The number of benzene rings is 1. The van der Waals surface area contributed by atoms with Gasteiger partial charge in [0.1, 0.15) is 11.6 Å². The molecule has 0 heterocycles. The molecule has 1 aromatic carbocycles. The topological polar surface area (TPSA) is 66.4 Å². The second kappa shape index (κ2) is 7.69. The van der Waals surface area contributed by atoms with Crippen molar-refractivity contribution in [1.82, 2.24) is 5.32 Å². The van der Waals surface area contributed by atoms with Crippen LogP contribution in [0.1, 0.15) is 30.1 Å². The van der Waals surface area contributed by atoms with Crippen molar-refractivity contribution >= 4 is 11.7 Å². The zero-order valence-electron chi connectivity index (χ0n) is 11.2. The zero-order chi connectivity index (χ0) is 15.1. The largest absolute Gasteiger partial charge is 0.396 e. The highest BCUT2D eigenvalue weighted by atomic mass is 19.1. The number of rotatable bonds is 7. The minimum absolute atomic E-state index is 0.0417. The third-order valence-electron chi connectivity index (χ3n) is 2.77. The van der Waals surface area contributed by atoms with Gasteiger partial charge in [-0.1, -0.05) is 6.92 Å². The highest BCUT2D eigenvalue weighted by Gasteiger charge is 2.14. The third kappa shape index (κ3) is 5.05. The maximum atomic E-state index is 13.3. The summed E-state index contributed by atoms with van der Waals surface area (Å²) in [6, 6.07) is 2.70. The van der Waals surface area contributed by atoms with Gasteiger partial charge in [0.05, 0.1) is 5.56 Å². The van der Waals surface area contributed by atoms with Crippen molar-refractivity contribution in [1.29, 1.82) is 0 Å². The van der Waals surface area contributed by atoms with E-state index in [1.807, 2.05) is 0 Å². The van der Waals surface area contributed by atoms with Gasteiger partial charge >= 0.3 is 0 Å². The highest BCUT2D eigenvalue weighted by molar-refractivity contribution is 5.98. The maximum absolute atomic E-state index is 13.3. The number of hydrogen-bond acceptors (Lipinski definition) is 3. The smallest absolute Gasteiger partial charge is 0.220 e. The highest BCUT2D eigenvalue weighted by Crippen LogP contribution is 2.12. The number of carbonyl (C=O) groups excluding carboxylic acids is 2. The molecule has 0 aliphatic rings. The molecule has 1 amide bonds. The first-order valence-corrected chi connectivity index (χ1v) is 6.29. The Morgan fingerprint density at radius 2 is 2.00 bits per heavy atom. The van der Waals surface area contributed by atoms with E-state index in [1.54, 1.807) is 6.92 Å². The van der Waals surface area contributed by atoms with Crippen LogP contribution in [0.2, 0.25) is 0 Å². The van der Waals surface area contributed by atoms with Crippen molar-refractivity contribution in [2.75, 3.05) is 13.2 Å². The molecule has 0 aliphatic heterocycles. The number of nitrogens with one attached hydrogen (secondary N) is 1. The fraction of sp³-hybridized carbons (Fsp3) is 0.429. The molecule has 110 valence electrons. The molecule has 4 nitrogen and oxygen atoms in total. The van der Waals surface area contributed by atoms with Crippen molar-refractivity contribution in [2.45, 2.75) is 19.8 Å². The number of halogens is 2. The molecule has 20 heavy (non-hydrogen) atoms. The lowest BCUT2D eigenvalue weighted by Crippen LogP contribution is -2.29. The van der Waals surface area contributed by atoms with E-state index in [9.17, 15) is 18.4 Å². The van der Waals surface area contributed by atoms with E-state index < -0.39 is 17.4 Å². The van der Waals surface area contributed by atoms with Gasteiger partial charge in [-0.25, -0.2) is 8.78 Å².